The molecule has 1 aromatic heterocycles. The van der Waals surface area contributed by atoms with Crippen molar-refractivity contribution in [1.29, 1.82) is 0 Å². The van der Waals surface area contributed by atoms with Gasteiger partial charge in [0.15, 0.2) is 6.61 Å². The monoisotopic (exact) mass is 434 g/mol. The van der Waals surface area contributed by atoms with E-state index in [1.807, 2.05) is 32.0 Å². The Hall–Kier alpha value is -1.62. The second-order valence-electron chi connectivity index (χ2n) is 7.03. The highest BCUT2D eigenvalue weighted by atomic mass is 79.9. The summed E-state index contributed by atoms with van der Waals surface area (Å²) in [4.78, 5) is 12.6. The Labute approximate surface area is 171 Å². The number of benzene rings is 1. The first-order chi connectivity index (χ1) is 13.0. The van der Waals surface area contributed by atoms with E-state index in [9.17, 15) is 4.79 Å². The van der Waals surface area contributed by atoms with Gasteiger partial charge in [-0.1, -0.05) is 45.6 Å². The molecule has 0 bridgehead atoms. The van der Waals surface area contributed by atoms with Crippen LogP contribution in [0, 0.1) is 13.8 Å². The van der Waals surface area contributed by atoms with Crippen LogP contribution in [0.4, 0.5) is 0 Å². The standard InChI is InChI=1S/C22H31BrN2O2/c1-5-7-8-9-10-11-19-16(3)24-25(17(19)4)22(26)15-27-21-13-12-18(6-2)14-20(21)23/h12-14H,5-11,15H2,1-4H3. The van der Waals surface area contributed by atoms with E-state index in [0.29, 0.717) is 5.75 Å². The van der Waals surface area contributed by atoms with Crippen LogP contribution in [0.1, 0.15) is 73.3 Å². The molecule has 0 spiro atoms. The first-order valence-corrected chi connectivity index (χ1v) is 10.8. The minimum atomic E-state index is -0.140. The molecule has 0 aliphatic heterocycles. The van der Waals surface area contributed by atoms with Crippen LogP contribution in [-0.2, 0) is 12.8 Å². The Morgan fingerprint density at radius 3 is 2.56 bits per heavy atom. The molecule has 0 atom stereocenters. The summed E-state index contributed by atoms with van der Waals surface area (Å²) in [5, 5.41) is 4.46. The first kappa shape index (κ1) is 21.7. The maximum Gasteiger partial charge on any atom is 0.284 e. The van der Waals surface area contributed by atoms with Crippen LogP contribution < -0.4 is 4.74 Å². The number of halogens is 1. The van der Waals surface area contributed by atoms with Crippen molar-refractivity contribution in [3.8, 4) is 5.75 Å². The highest BCUT2D eigenvalue weighted by Gasteiger charge is 2.17. The zero-order valence-electron chi connectivity index (χ0n) is 17.0. The Bertz CT molecular complexity index is 768. The van der Waals surface area contributed by atoms with Gasteiger partial charge < -0.3 is 4.74 Å². The summed E-state index contributed by atoms with van der Waals surface area (Å²) in [5.74, 6) is 0.539. The van der Waals surface area contributed by atoms with Gasteiger partial charge in [-0.25, -0.2) is 4.68 Å². The predicted octanol–water partition coefficient (Wildman–Crippen LogP) is 6.06. The number of hydrogen-bond donors (Lipinski definition) is 0. The maximum atomic E-state index is 12.6. The van der Waals surface area contributed by atoms with Crippen molar-refractivity contribution in [2.75, 3.05) is 6.61 Å². The van der Waals surface area contributed by atoms with Gasteiger partial charge in [-0.2, -0.15) is 5.10 Å². The van der Waals surface area contributed by atoms with Crippen LogP contribution in [0.3, 0.4) is 0 Å². The summed E-state index contributed by atoms with van der Waals surface area (Å²) in [6, 6.07) is 5.95. The average molecular weight is 435 g/mol. The number of aromatic nitrogens is 2. The summed E-state index contributed by atoms with van der Waals surface area (Å²) < 4.78 is 8.10. The molecule has 0 saturated heterocycles. The highest BCUT2D eigenvalue weighted by molar-refractivity contribution is 9.10. The average Bonchev–Trinajstić information content (AvgIpc) is 2.94. The molecule has 0 radical (unpaired) electrons. The van der Waals surface area contributed by atoms with Crippen molar-refractivity contribution in [3.63, 3.8) is 0 Å². The quantitative estimate of drug-likeness (QED) is 0.427. The van der Waals surface area contributed by atoms with E-state index >= 15 is 0 Å². The number of carbonyl (C=O) groups excluding carboxylic acids is 1. The SMILES string of the molecule is CCCCCCCc1c(C)nn(C(=O)COc2ccc(CC)cc2Br)c1C. The van der Waals surface area contributed by atoms with Gasteiger partial charge in [-0.3, -0.25) is 4.79 Å². The van der Waals surface area contributed by atoms with Gasteiger partial charge in [-0.05, 0) is 72.3 Å². The summed E-state index contributed by atoms with van der Waals surface area (Å²) in [6.45, 7) is 8.27. The van der Waals surface area contributed by atoms with Gasteiger partial charge in [0.05, 0.1) is 10.2 Å². The molecule has 0 unspecified atom stereocenters. The Balaban J connectivity index is 1.97. The number of nitrogens with zero attached hydrogens (tertiary/aromatic N) is 2. The first-order valence-electron chi connectivity index (χ1n) is 9.97. The third kappa shape index (κ3) is 5.93. The summed E-state index contributed by atoms with van der Waals surface area (Å²) in [5.41, 5.74) is 4.32. The molecular weight excluding hydrogens is 404 g/mol. The molecule has 2 rings (SSSR count). The van der Waals surface area contributed by atoms with Crippen molar-refractivity contribution in [1.82, 2.24) is 9.78 Å². The second kappa shape index (κ2) is 10.6. The molecule has 5 heteroatoms. The third-order valence-corrected chi connectivity index (χ3v) is 5.58. The number of aryl methyl sites for hydroxylation is 2. The van der Waals surface area contributed by atoms with E-state index in [1.165, 1.54) is 41.5 Å². The molecule has 27 heavy (non-hydrogen) atoms. The van der Waals surface area contributed by atoms with Crippen molar-refractivity contribution in [2.45, 2.75) is 72.6 Å². The van der Waals surface area contributed by atoms with Gasteiger partial charge in [-0.15, -0.1) is 0 Å². The van der Waals surface area contributed by atoms with Crippen molar-refractivity contribution in [3.05, 3.63) is 45.2 Å². The van der Waals surface area contributed by atoms with Crippen LogP contribution >= 0.6 is 15.9 Å². The van der Waals surface area contributed by atoms with E-state index < -0.39 is 0 Å². The van der Waals surface area contributed by atoms with Crippen LogP contribution in [0.2, 0.25) is 0 Å². The topological polar surface area (TPSA) is 44.1 Å². The summed E-state index contributed by atoms with van der Waals surface area (Å²) >= 11 is 3.51. The van der Waals surface area contributed by atoms with Crippen LogP contribution in [0.25, 0.3) is 0 Å². The molecule has 1 heterocycles. The van der Waals surface area contributed by atoms with Crippen molar-refractivity contribution < 1.29 is 9.53 Å². The molecule has 0 aliphatic carbocycles. The fourth-order valence-electron chi connectivity index (χ4n) is 3.27. The number of hydrogen-bond acceptors (Lipinski definition) is 3. The van der Waals surface area contributed by atoms with E-state index in [4.69, 9.17) is 4.74 Å². The molecule has 0 fully saturated rings. The van der Waals surface area contributed by atoms with Crippen LogP contribution in [0.15, 0.2) is 22.7 Å². The van der Waals surface area contributed by atoms with Gasteiger partial charge in [0, 0.05) is 5.69 Å². The second-order valence-corrected chi connectivity index (χ2v) is 7.88. The number of ether oxygens (including phenoxy) is 1. The Morgan fingerprint density at radius 2 is 1.89 bits per heavy atom. The van der Waals surface area contributed by atoms with Crippen molar-refractivity contribution in [2.24, 2.45) is 0 Å². The zero-order chi connectivity index (χ0) is 19.8. The van der Waals surface area contributed by atoms with Crippen LogP contribution in [0.5, 0.6) is 5.75 Å². The molecule has 148 valence electrons. The molecule has 0 amide bonds. The maximum absolute atomic E-state index is 12.6. The van der Waals surface area contributed by atoms with E-state index in [1.54, 1.807) is 0 Å². The minimum absolute atomic E-state index is 0.0258. The molecule has 0 saturated carbocycles. The molecule has 2 aromatic rings. The van der Waals surface area contributed by atoms with E-state index in [2.05, 4.69) is 34.9 Å². The molecule has 1 aromatic carbocycles. The lowest BCUT2D eigenvalue weighted by molar-refractivity contribution is 0.0817. The number of carbonyl (C=O) groups is 1. The number of unbranched alkanes of at least 4 members (excludes halogenated alkanes) is 4. The Morgan fingerprint density at radius 1 is 1.15 bits per heavy atom. The fraction of sp³-hybridized carbons (Fsp3) is 0.545. The summed E-state index contributed by atoms with van der Waals surface area (Å²) in [7, 11) is 0. The normalized spacial score (nSPS) is 11.0. The largest absolute Gasteiger partial charge is 0.483 e. The van der Waals surface area contributed by atoms with Gasteiger partial charge in [0.2, 0.25) is 0 Å². The molecular formula is C22H31BrN2O2. The third-order valence-electron chi connectivity index (χ3n) is 4.96. The zero-order valence-corrected chi connectivity index (χ0v) is 18.6. The van der Waals surface area contributed by atoms with Crippen molar-refractivity contribution >= 4 is 21.8 Å². The van der Waals surface area contributed by atoms with E-state index in [-0.39, 0.29) is 12.5 Å². The molecule has 4 nitrogen and oxygen atoms in total. The lowest BCUT2D eigenvalue weighted by Gasteiger charge is -2.09. The van der Waals surface area contributed by atoms with Gasteiger partial charge in [0.25, 0.3) is 5.91 Å². The molecule has 0 aliphatic rings. The molecule has 0 N–H and O–H groups in total. The minimum Gasteiger partial charge on any atom is -0.483 e. The Kier molecular flexibility index (Phi) is 8.55. The highest BCUT2D eigenvalue weighted by Crippen LogP contribution is 2.26. The fourth-order valence-corrected chi connectivity index (χ4v) is 3.81. The summed E-state index contributed by atoms with van der Waals surface area (Å²) in [6.07, 6.45) is 8.15. The van der Waals surface area contributed by atoms with Gasteiger partial charge in [0.1, 0.15) is 5.75 Å². The number of rotatable bonds is 10. The van der Waals surface area contributed by atoms with E-state index in [0.717, 1.165) is 35.1 Å². The smallest absolute Gasteiger partial charge is 0.284 e. The predicted molar refractivity (Wildman–Crippen MR) is 114 cm³/mol. The lowest BCUT2D eigenvalue weighted by atomic mass is 10.0. The van der Waals surface area contributed by atoms with Gasteiger partial charge >= 0.3 is 0 Å². The lowest BCUT2D eigenvalue weighted by Crippen LogP contribution is -2.22. The van der Waals surface area contributed by atoms with Crippen LogP contribution in [-0.4, -0.2) is 22.3 Å².